The Labute approximate surface area is 204 Å². The van der Waals surface area contributed by atoms with Gasteiger partial charge in [0.2, 0.25) is 0 Å². The average molecular weight is 503 g/mol. The van der Waals surface area contributed by atoms with Gasteiger partial charge in [0.25, 0.3) is 0 Å². The van der Waals surface area contributed by atoms with Gasteiger partial charge < -0.3 is 9.69 Å². The topological polar surface area (TPSA) is 66.8 Å². The fraction of sp³-hybridized carbons (Fsp3) is 0.280. The summed E-state index contributed by atoms with van der Waals surface area (Å²) in [5.41, 5.74) is 5.67. The van der Waals surface area contributed by atoms with Crippen LogP contribution < -0.4 is 0 Å². The van der Waals surface area contributed by atoms with Crippen molar-refractivity contribution in [3.8, 4) is 0 Å². The van der Waals surface area contributed by atoms with Crippen LogP contribution in [0.3, 0.4) is 0 Å². The molecule has 0 radical (unpaired) electrons. The van der Waals surface area contributed by atoms with E-state index in [1.165, 1.54) is 0 Å². The van der Waals surface area contributed by atoms with Crippen LogP contribution in [0, 0.1) is 0 Å². The Balaban J connectivity index is 1.98. The first-order valence-electron chi connectivity index (χ1n) is 10.6. The number of sulfone groups is 1. The maximum Gasteiger partial charge on any atom is 0.154 e. The van der Waals surface area contributed by atoms with Gasteiger partial charge >= 0.3 is 0 Å². The van der Waals surface area contributed by atoms with Gasteiger partial charge in [-0.3, -0.25) is 4.99 Å². The molecule has 2 aromatic rings. The predicted octanol–water partition coefficient (Wildman–Crippen LogP) is 4.95. The Kier molecular flexibility index (Phi) is 6.54. The first-order valence-corrected chi connectivity index (χ1v) is 13.2. The van der Waals surface area contributed by atoms with Gasteiger partial charge in [-0.2, -0.15) is 0 Å². The predicted molar refractivity (Wildman–Crippen MR) is 135 cm³/mol. The highest BCUT2D eigenvalue weighted by Crippen LogP contribution is 2.39. The van der Waals surface area contributed by atoms with Gasteiger partial charge in [-0.05, 0) is 54.0 Å². The van der Waals surface area contributed by atoms with Crippen molar-refractivity contribution in [2.45, 2.75) is 31.7 Å². The third kappa shape index (κ3) is 4.65. The summed E-state index contributed by atoms with van der Waals surface area (Å²) in [6.07, 6.45) is 4.75. The summed E-state index contributed by atoms with van der Waals surface area (Å²) >= 11 is 12.7. The molecular formula is C25H24Cl2N2O3S. The maximum absolute atomic E-state index is 12.3. The summed E-state index contributed by atoms with van der Waals surface area (Å²) in [6.45, 7) is 3.62. The van der Waals surface area contributed by atoms with Crippen molar-refractivity contribution in [3.05, 3.63) is 86.5 Å². The standard InChI is InChI=1S/C25H24Cl2N2O3S/c1-4-33(31,32)14-16-5-7-19-22(9-16)23-12-29(3)18(13-30)11-21(23)15(2)28-25(19)20-8-6-17(26)10-24(20)27/h5-13,15,18H,4,14H2,1-3H3/t15-,18?/m0/s1. The molecule has 5 nitrogen and oxygen atoms in total. The zero-order chi connectivity index (χ0) is 23.9. The zero-order valence-corrected chi connectivity index (χ0v) is 20.9. The summed E-state index contributed by atoms with van der Waals surface area (Å²) in [4.78, 5) is 18.5. The highest BCUT2D eigenvalue weighted by atomic mass is 35.5. The van der Waals surface area contributed by atoms with E-state index in [2.05, 4.69) is 0 Å². The van der Waals surface area contributed by atoms with E-state index in [0.29, 0.717) is 21.3 Å². The SMILES string of the molecule is CCS(=O)(=O)Cc1ccc2c(c1)C1=CN(C)C(C=O)C=C1[C@H](C)N=C2c1ccc(Cl)cc1Cl. The normalized spacial score (nSPS) is 20.2. The van der Waals surface area contributed by atoms with Gasteiger partial charge in [0, 0.05) is 40.7 Å². The van der Waals surface area contributed by atoms with Crippen LogP contribution in [0.5, 0.6) is 0 Å². The van der Waals surface area contributed by atoms with Crippen LogP contribution in [0.25, 0.3) is 5.57 Å². The summed E-state index contributed by atoms with van der Waals surface area (Å²) in [5.74, 6) is 0.0332. The number of fused-ring (bicyclic) bond motifs is 3. The Morgan fingerprint density at radius 2 is 1.82 bits per heavy atom. The molecule has 0 saturated heterocycles. The minimum absolute atomic E-state index is 0.0420. The summed E-state index contributed by atoms with van der Waals surface area (Å²) in [7, 11) is -1.36. The molecular weight excluding hydrogens is 479 g/mol. The molecule has 0 amide bonds. The minimum atomic E-state index is -3.21. The van der Waals surface area contributed by atoms with Gasteiger partial charge in [0.05, 0.1) is 22.5 Å². The highest BCUT2D eigenvalue weighted by molar-refractivity contribution is 7.90. The van der Waals surface area contributed by atoms with E-state index in [1.807, 2.05) is 55.4 Å². The number of carbonyl (C=O) groups excluding carboxylic acids is 1. The molecule has 4 rings (SSSR count). The van der Waals surface area contributed by atoms with Gasteiger partial charge in [0.1, 0.15) is 12.3 Å². The van der Waals surface area contributed by atoms with Crippen LogP contribution in [0.1, 0.15) is 36.1 Å². The fourth-order valence-corrected chi connectivity index (χ4v) is 5.57. The first-order chi connectivity index (χ1) is 15.6. The van der Waals surface area contributed by atoms with Crippen molar-refractivity contribution in [1.29, 1.82) is 0 Å². The molecule has 8 heteroatoms. The lowest BCUT2D eigenvalue weighted by atomic mass is 9.87. The molecule has 0 spiro atoms. The summed E-state index contributed by atoms with van der Waals surface area (Å²) in [6, 6.07) is 10.3. The van der Waals surface area contributed by atoms with Crippen molar-refractivity contribution in [1.82, 2.24) is 4.90 Å². The van der Waals surface area contributed by atoms with E-state index < -0.39 is 15.9 Å². The van der Waals surface area contributed by atoms with Crippen LogP contribution in [0.2, 0.25) is 10.0 Å². The van der Waals surface area contributed by atoms with Crippen molar-refractivity contribution in [2.24, 2.45) is 4.99 Å². The van der Waals surface area contributed by atoms with Crippen molar-refractivity contribution >= 4 is 50.6 Å². The lowest BCUT2D eigenvalue weighted by molar-refractivity contribution is -0.110. The number of carbonyl (C=O) groups is 1. The maximum atomic E-state index is 12.3. The zero-order valence-electron chi connectivity index (χ0n) is 18.5. The molecule has 0 aliphatic carbocycles. The molecule has 2 aliphatic heterocycles. The molecule has 2 atom stereocenters. The van der Waals surface area contributed by atoms with Crippen LogP contribution in [-0.2, 0) is 20.4 Å². The lowest BCUT2D eigenvalue weighted by Crippen LogP contribution is -2.31. The van der Waals surface area contributed by atoms with Crippen molar-refractivity contribution < 1.29 is 13.2 Å². The van der Waals surface area contributed by atoms with E-state index in [9.17, 15) is 13.2 Å². The monoisotopic (exact) mass is 502 g/mol. The molecule has 2 aliphatic rings. The third-order valence-electron chi connectivity index (χ3n) is 6.02. The summed E-state index contributed by atoms with van der Waals surface area (Å²) < 4.78 is 24.6. The number of benzene rings is 2. The number of rotatable bonds is 5. The number of hydrogen-bond donors (Lipinski definition) is 0. The lowest BCUT2D eigenvalue weighted by Gasteiger charge is -2.29. The molecule has 0 fully saturated rings. The second-order valence-corrected chi connectivity index (χ2v) is 11.5. The second-order valence-electron chi connectivity index (χ2n) is 8.29. The molecule has 0 bridgehead atoms. The molecule has 2 aromatic carbocycles. The molecule has 0 N–H and O–H groups in total. The molecule has 172 valence electrons. The number of halogens is 2. The van der Waals surface area contributed by atoms with Gasteiger partial charge in [-0.1, -0.05) is 42.3 Å². The Hall–Kier alpha value is -2.41. The van der Waals surface area contributed by atoms with E-state index >= 15 is 0 Å². The molecule has 0 saturated carbocycles. The number of aldehydes is 1. The van der Waals surface area contributed by atoms with E-state index in [-0.39, 0.29) is 17.5 Å². The molecule has 2 heterocycles. The Morgan fingerprint density at radius 3 is 2.48 bits per heavy atom. The van der Waals surface area contributed by atoms with E-state index in [0.717, 1.165) is 34.1 Å². The second kappa shape index (κ2) is 9.09. The number of likely N-dealkylation sites (N-methyl/N-ethyl adjacent to an activating group) is 1. The molecule has 33 heavy (non-hydrogen) atoms. The average Bonchev–Trinajstić information content (AvgIpc) is 2.87. The van der Waals surface area contributed by atoms with Crippen LogP contribution in [0.4, 0.5) is 0 Å². The van der Waals surface area contributed by atoms with Crippen LogP contribution >= 0.6 is 23.2 Å². The smallest absolute Gasteiger partial charge is 0.154 e. The quantitative estimate of drug-likeness (QED) is 0.542. The molecule has 0 aromatic heterocycles. The largest absolute Gasteiger partial charge is 0.367 e. The van der Waals surface area contributed by atoms with Crippen LogP contribution in [-0.4, -0.2) is 50.2 Å². The highest BCUT2D eigenvalue weighted by Gasteiger charge is 2.30. The van der Waals surface area contributed by atoms with E-state index in [1.54, 1.807) is 19.1 Å². The number of nitrogens with zero attached hydrogens (tertiary/aromatic N) is 2. The minimum Gasteiger partial charge on any atom is -0.367 e. The third-order valence-corrected chi connectivity index (χ3v) is 8.22. The van der Waals surface area contributed by atoms with E-state index in [4.69, 9.17) is 28.2 Å². The first kappa shape index (κ1) is 23.7. The fourth-order valence-electron chi connectivity index (χ4n) is 4.18. The Morgan fingerprint density at radius 1 is 1.09 bits per heavy atom. The Bertz CT molecular complexity index is 1330. The molecule has 1 unspecified atom stereocenters. The van der Waals surface area contributed by atoms with Gasteiger partial charge in [-0.15, -0.1) is 0 Å². The van der Waals surface area contributed by atoms with Crippen molar-refractivity contribution in [2.75, 3.05) is 12.8 Å². The van der Waals surface area contributed by atoms with Gasteiger partial charge in [0.15, 0.2) is 9.84 Å². The van der Waals surface area contributed by atoms with Crippen molar-refractivity contribution in [3.63, 3.8) is 0 Å². The van der Waals surface area contributed by atoms with Gasteiger partial charge in [-0.25, -0.2) is 8.42 Å². The summed E-state index contributed by atoms with van der Waals surface area (Å²) in [5, 5.41) is 1.01. The number of hydrogen-bond acceptors (Lipinski definition) is 5. The van der Waals surface area contributed by atoms with Crippen LogP contribution in [0.15, 0.2) is 59.2 Å². The number of aliphatic imine (C=N–C) groups is 1.